The number of H-pyrrole nitrogens is 1. The van der Waals surface area contributed by atoms with Crippen molar-refractivity contribution >= 4 is 74.5 Å². The minimum atomic E-state index is -0.448. The third-order valence-corrected chi connectivity index (χ3v) is 24.6. The molecule has 22 rings (SSSR count). The molecule has 0 bridgehead atoms. The summed E-state index contributed by atoms with van der Waals surface area (Å²) in [5, 5.41) is 64.8. The first-order valence-electron chi connectivity index (χ1n) is 40.7. The number of hydrogen-bond acceptors (Lipinski definition) is 29. The van der Waals surface area contributed by atoms with Crippen LogP contribution in [0.1, 0.15) is 149 Å². The predicted octanol–water partition coefficient (Wildman–Crippen LogP) is 15.3. The number of nitrogens with one attached hydrogen (secondary N) is 2. The maximum absolute atomic E-state index is 14.5. The smallest absolute Gasteiger partial charge is 0.318 e. The zero-order valence-electron chi connectivity index (χ0n) is 67.6. The van der Waals surface area contributed by atoms with Gasteiger partial charge in [0.05, 0.1) is 84.2 Å². The Bertz CT molecular complexity index is 6670. The number of nitrogens with zero attached hydrogens (tertiary/aromatic N) is 28. The van der Waals surface area contributed by atoms with Crippen molar-refractivity contribution in [3.05, 3.63) is 228 Å². The lowest BCUT2D eigenvalue weighted by atomic mass is 9.97. The van der Waals surface area contributed by atoms with Gasteiger partial charge in [-0.25, -0.2) is 64.3 Å². The molecule has 2 aromatic carbocycles. The number of pyridine rings is 2. The van der Waals surface area contributed by atoms with E-state index in [1.807, 2.05) is 78.3 Å². The zero-order chi connectivity index (χ0) is 84.9. The third kappa shape index (κ3) is 16.2. The molecule has 32 nitrogen and oxygen atoms in total. The molecule has 2 N–H and O–H groups in total. The van der Waals surface area contributed by atoms with Crippen LogP contribution >= 0.6 is 22.7 Å². The van der Waals surface area contributed by atoms with E-state index in [0.717, 1.165) is 163 Å². The lowest BCUT2D eigenvalue weighted by Crippen LogP contribution is -2.43. The van der Waals surface area contributed by atoms with Crippen LogP contribution in [0.4, 0.5) is 55.6 Å². The van der Waals surface area contributed by atoms with Crippen molar-refractivity contribution in [2.75, 3.05) is 76.9 Å². The third-order valence-electron chi connectivity index (χ3n) is 22.4. The molecule has 124 heavy (non-hydrogen) atoms. The molecule has 0 spiro atoms. The molecule has 5 aliphatic rings. The van der Waals surface area contributed by atoms with Crippen molar-refractivity contribution in [2.24, 2.45) is 0 Å². The molecule has 5 saturated heterocycles. The Morgan fingerprint density at radius 2 is 0.863 bits per heavy atom. The van der Waals surface area contributed by atoms with Gasteiger partial charge in [0.1, 0.15) is 74.3 Å². The van der Waals surface area contributed by atoms with E-state index in [0.29, 0.717) is 98.5 Å². The summed E-state index contributed by atoms with van der Waals surface area (Å²) in [5.74, 6) is 2.28. The molecule has 15 aromatic heterocycles. The molecule has 20 heterocycles. The van der Waals surface area contributed by atoms with Gasteiger partial charge in [-0.15, -0.1) is 35.7 Å². The summed E-state index contributed by atoms with van der Waals surface area (Å²) < 4.78 is 103. The molecule has 632 valence electrons. The van der Waals surface area contributed by atoms with E-state index >= 15 is 0 Å². The van der Waals surface area contributed by atoms with E-state index in [2.05, 4.69) is 110 Å². The molecule has 1 unspecified atom stereocenters. The van der Waals surface area contributed by atoms with Crippen LogP contribution in [-0.4, -0.2) is 172 Å². The van der Waals surface area contributed by atoms with Gasteiger partial charge < -0.3 is 38.7 Å². The number of rotatable bonds is 15. The van der Waals surface area contributed by atoms with Gasteiger partial charge in [0.2, 0.25) is 5.89 Å². The topological polar surface area (TPSA) is 333 Å². The van der Waals surface area contributed by atoms with E-state index in [9.17, 15) is 26.3 Å². The molecule has 0 aliphatic carbocycles. The Labute approximate surface area is 711 Å². The Kier molecular flexibility index (Phi) is 22.0. The summed E-state index contributed by atoms with van der Waals surface area (Å²) in [6.45, 7) is 16.7. The quantitative estimate of drug-likeness (QED) is 0.0900. The van der Waals surface area contributed by atoms with E-state index in [-0.39, 0.29) is 41.2 Å². The minimum Gasteiger partial charge on any atom is -0.420 e. The second kappa shape index (κ2) is 34.0. The molecule has 5 fully saturated rings. The van der Waals surface area contributed by atoms with Gasteiger partial charge in [-0.3, -0.25) is 15.1 Å². The molecule has 40 heteroatoms. The fraction of sp³-hybridized carbons (Fsp3) is 0.321. The van der Waals surface area contributed by atoms with Crippen molar-refractivity contribution in [2.45, 2.75) is 121 Å². The number of benzene rings is 2. The van der Waals surface area contributed by atoms with Crippen LogP contribution in [0.25, 0.3) is 77.2 Å². The van der Waals surface area contributed by atoms with Gasteiger partial charge in [0.25, 0.3) is 11.8 Å². The van der Waals surface area contributed by atoms with Crippen LogP contribution in [0.15, 0.2) is 168 Å². The number of piperazine rings is 1. The molecule has 5 aliphatic heterocycles. The van der Waals surface area contributed by atoms with E-state index < -0.39 is 23.3 Å². The van der Waals surface area contributed by atoms with E-state index in [1.165, 1.54) is 48.0 Å². The summed E-state index contributed by atoms with van der Waals surface area (Å²) >= 11 is 2.99. The standard InChI is InChI=1S/C22H22F2N8O.C21H16F2N8S.C21H22FN7O.C20H20FN7S/c23-14-3-4-17(24)15(12-14)18-2-1-8-31(18)19-5-9-32-20(27-19)16(13-26-32)21-28-29-22(33-21)30-10-6-25-7-11-30;22-13-3-4-16(23)14(8-13)17-2-1-6-30(17)18-5-7-31-19(27-18)15(11-26-31)21-29-28-20(32-21)12-9-24-25-10-12;1-21(2,3)20-27-26-19(30-20)15-12-24-29-8-6-17(25-18(15)29)28-7-4-5-16(28)13-9-14(22)11-23-10-13;1-12(2)19-25-26-20(29-19)15-11-23-28-7-5-17(24-18(15)28)27-6-3-4-16(27)13-8-14(21)10-22-9-13/h3-5,9,12-13,18,25H,1-2,6-8,10-11H2;3-5,7-11,17H,1-2,6H2,(H,24,25);6,8-12,16H,4-5,7H2,1-3H3;5,7-12,16H,3-4,6H2,1-2H3/t18-;17-;;16-/m11.1/s1. The van der Waals surface area contributed by atoms with Crippen LogP contribution in [0.2, 0.25) is 0 Å². The Balaban J connectivity index is 0.000000109. The minimum absolute atomic E-state index is 0.0328. The Morgan fingerprint density at radius 1 is 0.427 bits per heavy atom. The summed E-state index contributed by atoms with van der Waals surface area (Å²) in [6.07, 6.45) is 30.6. The summed E-state index contributed by atoms with van der Waals surface area (Å²) in [7, 11) is 0. The second-order valence-electron chi connectivity index (χ2n) is 31.8. The van der Waals surface area contributed by atoms with Gasteiger partial charge >= 0.3 is 6.01 Å². The molecular formula is C84H80F6N30O2S2. The van der Waals surface area contributed by atoms with Gasteiger partial charge in [0, 0.05) is 118 Å². The van der Waals surface area contributed by atoms with Crippen molar-refractivity contribution < 1.29 is 35.2 Å². The van der Waals surface area contributed by atoms with E-state index in [1.54, 1.807) is 97.3 Å². The Hall–Kier alpha value is -13.6. The van der Waals surface area contributed by atoms with Crippen molar-refractivity contribution in [1.82, 2.24) is 125 Å². The molecular weight excluding hydrogens is 1640 g/mol. The van der Waals surface area contributed by atoms with Crippen LogP contribution in [0.3, 0.4) is 0 Å². The lowest BCUT2D eigenvalue weighted by Gasteiger charge is -2.26. The van der Waals surface area contributed by atoms with Crippen LogP contribution in [0, 0.1) is 34.9 Å². The van der Waals surface area contributed by atoms with Gasteiger partial charge in [-0.1, -0.05) is 62.4 Å². The van der Waals surface area contributed by atoms with Crippen molar-refractivity contribution in [1.29, 1.82) is 0 Å². The first kappa shape index (κ1) is 80.1. The number of aromatic nitrogens is 24. The Morgan fingerprint density at radius 3 is 1.31 bits per heavy atom. The number of anilines is 5. The SMILES string of the molecule is CC(C)(C)c1nnc(-c2cnn3ccc(N4CCCC4c4cncc(F)c4)nc23)o1.CC(C)c1nnc(-c2cnn3ccc(N4CCC[C@@H]4c4cncc(F)c4)nc23)s1.Fc1ccc(F)c([C@H]2CCCN2c2ccn3ncc(-c4nnc(-c5cn[nH]c5)s4)c3n2)c1.Fc1ccc(F)c([C@H]2CCCN2c2ccn3ncc(-c4nnc(N5CCNCC5)o4)c3n2)c1. The zero-order valence-corrected chi connectivity index (χ0v) is 69.3. The normalized spacial score (nSPS) is 17.4. The maximum Gasteiger partial charge on any atom is 0.318 e. The molecule has 4 atom stereocenters. The summed E-state index contributed by atoms with van der Waals surface area (Å²) in [6, 6.07) is 17.9. The predicted molar refractivity (Wildman–Crippen MR) is 450 cm³/mol. The fourth-order valence-corrected chi connectivity index (χ4v) is 18.0. The van der Waals surface area contributed by atoms with Crippen LogP contribution in [-0.2, 0) is 5.41 Å². The largest absolute Gasteiger partial charge is 0.420 e. The lowest BCUT2D eigenvalue weighted by molar-refractivity contribution is 0.399. The second-order valence-corrected chi connectivity index (χ2v) is 33.8. The van der Waals surface area contributed by atoms with Crippen molar-refractivity contribution in [3.63, 3.8) is 0 Å². The molecule has 0 saturated carbocycles. The first-order valence-corrected chi connectivity index (χ1v) is 42.3. The average Bonchev–Trinajstić information content (AvgIpc) is 1.62. The highest BCUT2D eigenvalue weighted by Crippen LogP contribution is 2.44. The van der Waals surface area contributed by atoms with Gasteiger partial charge in [0.15, 0.2) is 37.6 Å². The average molecular weight is 1720 g/mol. The highest BCUT2D eigenvalue weighted by Gasteiger charge is 2.36. The summed E-state index contributed by atoms with van der Waals surface area (Å²) in [4.78, 5) is 37.9. The summed E-state index contributed by atoms with van der Waals surface area (Å²) in [5.41, 5.74) is 8.57. The van der Waals surface area contributed by atoms with Crippen molar-refractivity contribution in [3.8, 4) is 54.6 Å². The molecule has 0 radical (unpaired) electrons. The van der Waals surface area contributed by atoms with Gasteiger partial charge in [-0.05, 0) is 135 Å². The number of halogens is 6. The first-order chi connectivity index (χ1) is 60.3. The maximum atomic E-state index is 14.5. The van der Waals surface area contributed by atoms with Crippen LogP contribution < -0.4 is 29.8 Å². The highest BCUT2D eigenvalue weighted by atomic mass is 32.1. The van der Waals surface area contributed by atoms with E-state index in [4.69, 9.17) is 28.8 Å². The van der Waals surface area contributed by atoms with Crippen LogP contribution in [0.5, 0.6) is 0 Å². The number of aromatic amines is 1. The number of hydrogen-bond donors (Lipinski definition) is 2. The highest BCUT2D eigenvalue weighted by molar-refractivity contribution is 7.18. The number of fused-ring (bicyclic) bond motifs is 4. The fourth-order valence-electron chi connectivity index (χ4n) is 16.3. The monoisotopic (exact) mass is 1720 g/mol. The molecule has 0 amide bonds. The van der Waals surface area contributed by atoms with Gasteiger partial charge in [-0.2, -0.15) is 25.5 Å². The molecule has 17 aromatic rings.